The van der Waals surface area contributed by atoms with Crippen molar-refractivity contribution in [2.24, 2.45) is 0 Å². The van der Waals surface area contributed by atoms with E-state index < -0.39 is 16.9 Å². The van der Waals surface area contributed by atoms with Crippen molar-refractivity contribution in [3.63, 3.8) is 0 Å². The van der Waals surface area contributed by atoms with Crippen molar-refractivity contribution in [1.82, 2.24) is 0 Å². The maximum Gasteiger partial charge on any atom is 0.189 e. The first-order valence-electron chi connectivity index (χ1n) is 6.16. The molecule has 1 aromatic heterocycles. The molecule has 0 saturated carbocycles. The van der Waals surface area contributed by atoms with Crippen LogP contribution in [0.1, 0.15) is 5.76 Å². The van der Waals surface area contributed by atoms with Gasteiger partial charge in [-0.2, -0.15) is 0 Å². The van der Waals surface area contributed by atoms with Crippen LogP contribution in [0.3, 0.4) is 0 Å². The molecule has 5 heteroatoms. The second-order valence-corrected chi connectivity index (χ2v) is 4.42. The minimum Gasteiger partial charge on any atom is -0.508 e. The maximum atomic E-state index is 12.1. The number of phenolic OH excluding ortho intramolecular Hbond substituents is 1. The van der Waals surface area contributed by atoms with Gasteiger partial charge in [-0.05, 0) is 36.8 Å². The molecule has 21 heavy (non-hydrogen) atoms. The van der Waals surface area contributed by atoms with Crippen LogP contribution in [0.2, 0.25) is 0 Å². The van der Waals surface area contributed by atoms with Gasteiger partial charge in [-0.3, -0.25) is 4.79 Å². The Morgan fingerprint density at radius 1 is 0.905 bits per heavy atom. The second-order valence-electron chi connectivity index (χ2n) is 4.42. The Kier molecular flexibility index (Phi) is 4.13. The molecule has 0 amide bonds. The van der Waals surface area contributed by atoms with E-state index in [-0.39, 0.29) is 11.3 Å². The fraction of sp³-hybridized carbons (Fsp3) is 0.0625. The molecule has 0 aliphatic carbocycles. The van der Waals surface area contributed by atoms with Gasteiger partial charge >= 0.3 is 0 Å². The van der Waals surface area contributed by atoms with Gasteiger partial charge in [0.1, 0.15) is 17.8 Å². The lowest BCUT2D eigenvalue weighted by Gasteiger charge is -1.99. The smallest absolute Gasteiger partial charge is 0.189 e. The molecule has 1 heterocycles. The molecule has 0 aliphatic heterocycles. The molecule has 0 bridgehead atoms. The zero-order chi connectivity index (χ0) is 15.4. The number of aromatic hydroxyl groups is 3. The summed E-state index contributed by atoms with van der Waals surface area (Å²) in [4.78, 5) is 12.1. The third-order valence-electron chi connectivity index (χ3n) is 2.80. The van der Waals surface area contributed by atoms with Crippen LogP contribution in [-0.4, -0.2) is 15.3 Å². The van der Waals surface area contributed by atoms with Crippen molar-refractivity contribution in [1.29, 1.82) is 0 Å². The number of phenols is 1. The summed E-state index contributed by atoms with van der Waals surface area (Å²) < 4.78 is 5.28. The molecule has 0 fully saturated rings. The molecule has 0 saturated heterocycles. The summed E-state index contributed by atoms with van der Waals surface area (Å²) in [5, 5.41) is 28.4. The van der Waals surface area contributed by atoms with Gasteiger partial charge in [0.25, 0.3) is 0 Å². The fourth-order valence-electron chi connectivity index (χ4n) is 1.69. The van der Waals surface area contributed by atoms with E-state index in [0.29, 0.717) is 11.3 Å². The van der Waals surface area contributed by atoms with Crippen LogP contribution in [0.4, 0.5) is 0 Å². The predicted octanol–water partition coefficient (Wildman–Crippen LogP) is 2.86. The highest BCUT2D eigenvalue weighted by Gasteiger charge is 2.02. The van der Waals surface area contributed by atoms with Crippen molar-refractivity contribution >= 4 is 0 Å². The Labute approximate surface area is 120 Å². The number of hydrogen-bond donors (Lipinski definition) is 3. The maximum absolute atomic E-state index is 12.1. The van der Waals surface area contributed by atoms with E-state index in [1.807, 2.05) is 0 Å². The van der Waals surface area contributed by atoms with Gasteiger partial charge in [0.2, 0.25) is 0 Å². The van der Waals surface area contributed by atoms with Crippen molar-refractivity contribution in [3.8, 4) is 28.4 Å². The summed E-state index contributed by atoms with van der Waals surface area (Å²) in [6.07, 6.45) is 1.26. The van der Waals surface area contributed by atoms with Gasteiger partial charge in [0.15, 0.2) is 16.9 Å². The number of rotatable bonds is 1. The molecule has 0 radical (unpaired) electrons. The van der Waals surface area contributed by atoms with Crippen LogP contribution in [0.25, 0.3) is 11.1 Å². The highest BCUT2D eigenvalue weighted by Crippen LogP contribution is 2.22. The van der Waals surface area contributed by atoms with Gasteiger partial charge in [0.05, 0.1) is 5.56 Å². The van der Waals surface area contributed by atoms with E-state index >= 15 is 0 Å². The van der Waals surface area contributed by atoms with Gasteiger partial charge in [-0.1, -0.05) is 12.1 Å². The molecule has 108 valence electrons. The molecule has 1 aromatic carbocycles. The minimum atomic E-state index is -0.432. The molecule has 2 aromatic rings. The van der Waals surface area contributed by atoms with Crippen LogP contribution < -0.4 is 5.43 Å². The topological polar surface area (TPSA) is 90.9 Å². The Bertz CT molecular complexity index is 759. The van der Waals surface area contributed by atoms with Crippen molar-refractivity contribution in [2.75, 3.05) is 0 Å². The average Bonchev–Trinajstić information content (AvgIpc) is 2.45. The summed E-state index contributed by atoms with van der Waals surface area (Å²) in [5.41, 5.74) is 0.409. The summed E-state index contributed by atoms with van der Waals surface area (Å²) in [7, 11) is 0. The first-order valence-corrected chi connectivity index (χ1v) is 6.16. The summed E-state index contributed by atoms with van der Waals surface area (Å²) in [6, 6.07) is 9.54. The Morgan fingerprint density at radius 3 is 2.24 bits per heavy atom. The zero-order valence-electron chi connectivity index (χ0n) is 11.3. The van der Waals surface area contributed by atoms with E-state index in [1.165, 1.54) is 24.5 Å². The molecule has 0 atom stereocenters. The lowest BCUT2D eigenvalue weighted by molar-refractivity contribution is 0.401. The first-order chi connectivity index (χ1) is 9.97. The zero-order valence-corrected chi connectivity index (χ0v) is 11.3. The largest absolute Gasteiger partial charge is 0.508 e. The molecule has 3 N–H and O–H groups in total. The van der Waals surface area contributed by atoms with Gasteiger partial charge in [-0.15, -0.1) is 0 Å². The summed E-state index contributed by atoms with van der Waals surface area (Å²) in [6.45, 7) is 1.57. The standard InChI is InChI=1S/C16H14O5/c1-10-8-16(20)15(19)7-6-14(18)13(9-21-10)11-2-4-12(17)5-3-11/h2-9,17,19-20H,1H3. The van der Waals surface area contributed by atoms with E-state index in [1.54, 1.807) is 19.1 Å². The third-order valence-corrected chi connectivity index (χ3v) is 2.80. The van der Waals surface area contributed by atoms with Gasteiger partial charge in [0, 0.05) is 6.07 Å². The van der Waals surface area contributed by atoms with Crippen molar-refractivity contribution < 1.29 is 19.7 Å². The number of hydrogen-bond acceptors (Lipinski definition) is 5. The molecule has 0 spiro atoms. The lowest BCUT2D eigenvalue weighted by atomic mass is 10.1. The van der Waals surface area contributed by atoms with Gasteiger partial charge in [-0.25, -0.2) is 0 Å². The van der Waals surface area contributed by atoms with E-state index in [9.17, 15) is 20.1 Å². The highest BCUT2D eigenvalue weighted by atomic mass is 16.3. The van der Waals surface area contributed by atoms with E-state index in [4.69, 9.17) is 4.42 Å². The molecule has 2 rings (SSSR count). The van der Waals surface area contributed by atoms with Crippen LogP contribution in [-0.2, 0) is 0 Å². The second kappa shape index (κ2) is 6.00. The Hall–Kier alpha value is -2.95. The normalized spacial score (nSPS) is 9.95. The van der Waals surface area contributed by atoms with Crippen LogP contribution in [0.5, 0.6) is 17.2 Å². The lowest BCUT2D eigenvalue weighted by Crippen LogP contribution is -1.99. The van der Waals surface area contributed by atoms with E-state index in [2.05, 4.69) is 0 Å². The molecule has 0 unspecified atom stereocenters. The van der Waals surface area contributed by atoms with Crippen LogP contribution in [0, 0.1) is 6.92 Å². The van der Waals surface area contributed by atoms with E-state index in [0.717, 1.165) is 12.1 Å². The number of benzene rings is 1. The Morgan fingerprint density at radius 2 is 1.57 bits per heavy atom. The Balaban J connectivity index is 2.74. The summed E-state index contributed by atoms with van der Waals surface area (Å²) >= 11 is 0. The monoisotopic (exact) mass is 286 g/mol. The molecule has 0 aliphatic rings. The quantitative estimate of drug-likeness (QED) is 0.749. The van der Waals surface area contributed by atoms with Crippen LogP contribution in [0.15, 0.2) is 57.9 Å². The number of aryl methyl sites for hydroxylation is 1. The van der Waals surface area contributed by atoms with Gasteiger partial charge < -0.3 is 19.7 Å². The fourth-order valence-corrected chi connectivity index (χ4v) is 1.69. The molecule has 5 nitrogen and oxygen atoms in total. The first kappa shape index (κ1) is 14.5. The molecular weight excluding hydrogens is 272 g/mol. The average molecular weight is 286 g/mol. The van der Waals surface area contributed by atoms with Crippen molar-refractivity contribution in [2.45, 2.75) is 6.92 Å². The highest BCUT2D eigenvalue weighted by molar-refractivity contribution is 5.62. The third kappa shape index (κ3) is 3.54. The predicted molar refractivity (Wildman–Crippen MR) is 77.8 cm³/mol. The minimum absolute atomic E-state index is 0.0877. The summed E-state index contributed by atoms with van der Waals surface area (Å²) in [5.74, 6) is -0.431. The van der Waals surface area contributed by atoms with Crippen molar-refractivity contribution in [3.05, 3.63) is 64.7 Å². The van der Waals surface area contributed by atoms with Crippen LogP contribution >= 0.6 is 0 Å². The molecular formula is C16H14O5. The SMILES string of the molecule is Cc1cc(O)c(O)ccc(=O)c(-c2ccc(O)cc2)co1.